The third-order valence-electron chi connectivity index (χ3n) is 4.72. The van der Waals surface area contributed by atoms with Gasteiger partial charge in [-0.05, 0) is 31.7 Å². The molecular weight excluding hydrogens is 293 g/mol. The van der Waals surface area contributed by atoms with Crippen molar-refractivity contribution in [3.63, 3.8) is 0 Å². The first-order chi connectivity index (χ1) is 10.4. The van der Waals surface area contributed by atoms with E-state index in [-0.39, 0.29) is 24.2 Å². The van der Waals surface area contributed by atoms with Gasteiger partial charge in [-0.3, -0.25) is 0 Å². The lowest BCUT2D eigenvalue weighted by molar-refractivity contribution is -0.231. The van der Waals surface area contributed by atoms with E-state index in [2.05, 4.69) is 5.32 Å². The molecule has 0 saturated heterocycles. The van der Waals surface area contributed by atoms with Crippen molar-refractivity contribution in [2.24, 2.45) is 5.92 Å². The highest BCUT2D eigenvalue weighted by Gasteiger charge is 2.63. The van der Waals surface area contributed by atoms with Gasteiger partial charge in [0.2, 0.25) is 0 Å². The number of hydrogen-bond donors (Lipinski definition) is 1. The number of nitrogens with zero attached hydrogens (tertiary/aromatic N) is 1. The minimum atomic E-state index is -4.51. The van der Waals surface area contributed by atoms with Gasteiger partial charge in [0.15, 0.2) is 5.54 Å². The maximum Gasteiger partial charge on any atom is 0.416 e. The van der Waals surface area contributed by atoms with Gasteiger partial charge < -0.3 is 10.2 Å². The second kappa shape index (κ2) is 5.18. The number of benzene rings is 1. The van der Waals surface area contributed by atoms with Crippen LogP contribution in [0.25, 0.3) is 0 Å². The molecule has 1 atom stereocenters. The number of rotatable bonds is 4. The Hall–Kier alpha value is -1.72. The van der Waals surface area contributed by atoms with Crippen molar-refractivity contribution in [2.75, 3.05) is 11.9 Å². The maximum absolute atomic E-state index is 14.1. The molecule has 1 aliphatic carbocycles. The first-order valence-corrected chi connectivity index (χ1v) is 7.65. The molecule has 1 aromatic rings. The third-order valence-corrected chi connectivity index (χ3v) is 4.72. The molecule has 0 bridgehead atoms. The van der Waals surface area contributed by atoms with Crippen LogP contribution in [0.15, 0.2) is 24.3 Å². The van der Waals surface area contributed by atoms with Crippen molar-refractivity contribution in [3.05, 3.63) is 29.8 Å². The summed E-state index contributed by atoms with van der Waals surface area (Å²) in [6.07, 6.45) is -2.09. The Labute approximate surface area is 127 Å². The normalized spacial score (nSPS) is 24.9. The lowest BCUT2D eigenvalue weighted by Crippen LogP contribution is -2.62. The smallest absolute Gasteiger partial charge is 0.307 e. The molecular formula is C16H19F3N2O. The predicted octanol–water partition coefficient (Wildman–Crippen LogP) is 4.50. The number of amides is 2. The minimum absolute atomic E-state index is 0.0182. The number of fused-ring (bicyclic) bond motifs is 1. The molecule has 1 saturated carbocycles. The summed E-state index contributed by atoms with van der Waals surface area (Å²) in [4.78, 5) is 13.2. The predicted molar refractivity (Wildman–Crippen MR) is 77.5 cm³/mol. The summed E-state index contributed by atoms with van der Waals surface area (Å²) in [6, 6.07) is 5.59. The van der Waals surface area contributed by atoms with Gasteiger partial charge in [0.1, 0.15) is 0 Å². The Morgan fingerprint density at radius 3 is 2.59 bits per heavy atom. The van der Waals surface area contributed by atoms with Crippen LogP contribution in [0.2, 0.25) is 0 Å². The number of nitrogens with one attached hydrogen (secondary N) is 1. The summed E-state index contributed by atoms with van der Waals surface area (Å²) in [6.45, 7) is 1.61. The highest BCUT2D eigenvalue weighted by atomic mass is 19.4. The molecule has 2 aliphatic rings. The van der Waals surface area contributed by atoms with Crippen LogP contribution in [0.4, 0.5) is 23.7 Å². The molecule has 120 valence electrons. The van der Waals surface area contributed by atoms with Crippen molar-refractivity contribution in [3.8, 4) is 0 Å². The fourth-order valence-corrected chi connectivity index (χ4v) is 3.40. The summed E-state index contributed by atoms with van der Waals surface area (Å²) in [5.41, 5.74) is -1.79. The first-order valence-electron chi connectivity index (χ1n) is 7.65. The van der Waals surface area contributed by atoms with Crippen LogP contribution in [0.1, 0.15) is 38.2 Å². The lowest BCUT2D eigenvalue weighted by atomic mass is 9.80. The molecule has 1 N–H and O–H groups in total. The SMILES string of the molecule is CCN1C(=O)Nc2ccccc2[C@@]1(CCC1CC1)C(F)(F)F. The molecule has 1 fully saturated rings. The van der Waals surface area contributed by atoms with Crippen LogP contribution in [0.3, 0.4) is 0 Å². The molecule has 22 heavy (non-hydrogen) atoms. The molecule has 0 spiro atoms. The summed E-state index contributed by atoms with van der Waals surface area (Å²) < 4.78 is 42.4. The summed E-state index contributed by atoms with van der Waals surface area (Å²) >= 11 is 0. The van der Waals surface area contributed by atoms with Crippen molar-refractivity contribution >= 4 is 11.7 Å². The fraction of sp³-hybridized carbons (Fsp3) is 0.562. The molecule has 0 radical (unpaired) electrons. The van der Waals surface area contributed by atoms with Gasteiger partial charge in [0.25, 0.3) is 0 Å². The first kappa shape index (κ1) is 15.2. The zero-order valence-electron chi connectivity index (χ0n) is 12.4. The quantitative estimate of drug-likeness (QED) is 0.872. The monoisotopic (exact) mass is 312 g/mol. The third kappa shape index (κ3) is 2.25. The molecule has 3 nitrogen and oxygen atoms in total. The number of alkyl halides is 3. The lowest BCUT2D eigenvalue weighted by Gasteiger charge is -2.48. The minimum Gasteiger partial charge on any atom is -0.307 e. The van der Waals surface area contributed by atoms with Crippen LogP contribution in [0, 0.1) is 5.92 Å². The van der Waals surface area contributed by atoms with Gasteiger partial charge in [-0.2, -0.15) is 13.2 Å². The van der Waals surface area contributed by atoms with Crippen molar-refractivity contribution in [2.45, 2.75) is 44.3 Å². The van der Waals surface area contributed by atoms with Crippen molar-refractivity contribution in [1.82, 2.24) is 4.90 Å². The molecule has 0 unspecified atom stereocenters. The van der Waals surface area contributed by atoms with E-state index in [0.717, 1.165) is 17.7 Å². The average molecular weight is 312 g/mol. The van der Waals surface area contributed by atoms with Gasteiger partial charge in [-0.15, -0.1) is 0 Å². The largest absolute Gasteiger partial charge is 0.416 e. The van der Waals surface area contributed by atoms with Gasteiger partial charge in [-0.1, -0.05) is 31.0 Å². The standard InChI is InChI=1S/C16H19F3N2O/c1-2-21-14(22)20-13-6-4-3-5-12(13)15(21,16(17,18)19)10-9-11-7-8-11/h3-6,11H,2,7-10H2,1H3,(H,20,22)/t15-/m0/s1. The molecule has 0 aromatic heterocycles. The fourth-order valence-electron chi connectivity index (χ4n) is 3.40. The number of urea groups is 1. The zero-order valence-corrected chi connectivity index (χ0v) is 12.4. The highest BCUT2D eigenvalue weighted by Crippen LogP contribution is 2.53. The van der Waals surface area contributed by atoms with E-state index in [1.54, 1.807) is 19.1 Å². The molecule has 1 aromatic carbocycles. The Kier molecular flexibility index (Phi) is 3.57. The van der Waals surface area contributed by atoms with Crippen molar-refractivity contribution in [1.29, 1.82) is 0 Å². The van der Waals surface area contributed by atoms with Crippen LogP contribution in [0.5, 0.6) is 0 Å². The second-order valence-corrected chi connectivity index (χ2v) is 6.06. The van der Waals surface area contributed by atoms with Crippen molar-refractivity contribution < 1.29 is 18.0 Å². The molecule has 1 aliphatic heterocycles. The topological polar surface area (TPSA) is 32.3 Å². The van der Waals surface area contributed by atoms with Crippen LogP contribution in [-0.4, -0.2) is 23.7 Å². The Morgan fingerprint density at radius 2 is 2.00 bits per heavy atom. The van der Waals surface area contributed by atoms with Crippen LogP contribution in [-0.2, 0) is 5.54 Å². The van der Waals surface area contributed by atoms with E-state index >= 15 is 0 Å². The summed E-state index contributed by atoms with van der Waals surface area (Å²) in [5, 5.41) is 2.58. The van der Waals surface area contributed by atoms with Crippen LogP contribution >= 0.6 is 0 Å². The van der Waals surface area contributed by atoms with Crippen LogP contribution < -0.4 is 5.32 Å². The van der Waals surface area contributed by atoms with E-state index in [1.165, 1.54) is 12.1 Å². The Morgan fingerprint density at radius 1 is 1.32 bits per heavy atom. The van der Waals surface area contributed by atoms with Gasteiger partial charge in [-0.25, -0.2) is 4.79 Å². The van der Waals surface area contributed by atoms with Gasteiger partial charge >= 0.3 is 12.2 Å². The molecule has 3 rings (SSSR count). The average Bonchev–Trinajstić information content (AvgIpc) is 3.27. The van der Waals surface area contributed by atoms with E-state index in [4.69, 9.17) is 0 Å². The summed E-state index contributed by atoms with van der Waals surface area (Å²) in [5.74, 6) is 0.370. The molecule has 1 heterocycles. The molecule has 2 amide bonds. The number of halogens is 3. The van der Waals surface area contributed by atoms with E-state index in [1.807, 2.05) is 0 Å². The van der Waals surface area contributed by atoms with Gasteiger partial charge in [0.05, 0.1) is 0 Å². The zero-order chi connectivity index (χ0) is 16.0. The van der Waals surface area contributed by atoms with Gasteiger partial charge in [0, 0.05) is 17.8 Å². The number of carbonyl (C=O) groups excluding carboxylic acids is 1. The Bertz CT molecular complexity index is 583. The second-order valence-electron chi connectivity index (χ2n) is 6.06. The maximum atomic E-state index is 14.1. The van der Waals surface area contributed by atoms with E-state index < -0.39 is 17.7 Å². The highest BCUT2D eigenvalue weighted by molar-refractivity contribution is 5.94. The Balaban J connectivity index is 2.14. The number of anilines is 1. The number of carbonyl (C=O) groups is 1. The number of para-hydroxylation sites is 1. The summed E-state index contributed by atoms with van der Waals surface area (Å²) in [7, 11) is 0. The van der Waals surface area contributed by atoms with E-state index in [9.17, 15) is 18.0 Å². The molecule has 6 heteroatoms. The van der Waals surface area contributed by atoms with E-state index in [0.29, 0.717) is 12.3 Å². The number of hydrogen-bond acceptors (Lipinski definition) is 1.